The number of guanidine groups is 1. The number of nitrogens with one attached hydrogen (secondary N) is 2. The van der Waals surface area contributed by atoms with Crippen molar-refractivity contribution in [1.82, 2.24) is 30.3 Å². The molecule has 0 radical (unpaired) electrons. The molecule has 8 nitrogen and oxygen atoms in total. The maximum atomic E-state index is 5.24. The second-order valence-corrected chi connectivity index (χ2v) is 5.33. The van der Waals surface area contributed by atoms with Gasteiger partial charge in [-0.2, -0.15) is 4.98 Å². The van der Waals surface area contributed by atoms with Crippen molar-refractivity contribution >= 4 is 29.9 Å². The molecule has 3 aromatic rings. The van der Waals surface area contributed by atoms with Gasteiger partial charge in [-0.15, -0.1) is 24.0 Å². The van der Waals surface area contributed by atoms with Crippen molar-refractivity contribution in [3.63, 3.8) is 0 Å². The van der Waals surface area contributed by atoms with Crippen LogP contribution in [-0.2, 0) is 13.0 Å². The Morgan fingerprint density at radius 3 is 2.69 bits per heavy atom. The molecule has 0 fully saturated rings. The predicted molar refractivity (Wildman–Crippen MR) is 110 cm³/mol. The second-order valence-electron chi connectivity index (χ2n) is 5.33. The Balaban J connectivity index is 0.00000243. The highest BCUT2D eigenvalue weighted by atomic mass is 127. The zero-order valence-corrected chi connectivity index (χ0v) is 16.8. The summed E-state index contributed by atoms with van der Waals surface area (Å²) in [6.45, 7) is 2.33. The van der Waals surface area contributed by atoms with Gasteiger partial charge < -0.3 is 19.7 Å². The van der Waals surface area contributed by atoms with Crippen LogP contribution in [0.2, 0.25) is 0 Å². The molecule has 0 bridgehead atoms. The van der Waals surface area contributed by atoms with E-state index < -0.39 is 0 Å². The molecule has 9 heteroatoms. The Morgan fingerprint density at radius 2 is 1.96 bits per heavy atom. The Labute approximate surface area is 169 Å². The molecular formula is C17H22IN7O. The maximum Gasteiger partial charge on any atom is 0.276 e. The highest BCUT2D eigenvalue weighted by molar-refractivity contribution is 14.0. The Morgan fingerprint density at radius 1 is 1.15 bits per heavy atom. The lowest BCUT2D eigenvalue weighted by Crippen LogP contribution is -2.39. The highest BCUT2D eigenvalue weighted by Crippen LogP contribution is 2.12. The minimum atomic E-state index is 0. The van der Waals surface area contributed by atoms with E-state index in [9.17, 15) is 0 Å². The highest BCUT2D eigenvalue weighted by Gasteiger charge is 2.09. The molecule has 0 amide bonds. The number of halogens is 1. The fourth-order valence-electron chi connectivity index (χ4n) is 2.28. The van der Waals surface area contributed by atoms with Crippen LogP contribution in [0.4, 0.5) is 0 Å². The van der Waals surface area contributed by atoms with E-state index in [1.54, 1.807) is 13.2 Å². The molecule has 0 aromatic carbocycles. The summed E-state index contributed by atoms with van der Waals surface area (Å²) in [5, 5.41) is 10.5. The summed E-state index contributed by atoms with van der Waals surface area (Å²) in [4.78, 5) is 12.8. The summed E-state index contributed by atoms with van der Waals surface area (Å²) in [5.41, 5.74) is 0.677. The average molecular weight is 467 g/mol. The molecule has 26 heavy (non-hydrogen) atoms. The van der Waals surface area contributed by atoms with Crippen molar-refractivity contribution in [2.45, 2.75) is 13.0 Å². The first kappa shape index (κ1) is 19.9. The van der Waals surface area contributed by atoms with Gasteiger partial charge in [-0.3, -0.25) is 9.98 Å². The Bertz CT molecular complexity index is 787. The first-order valence-corrected chi connectivity index (χ1v) is 8.14. The Hall–Kier alpha value is -2.43. The number of hydrogen-bond acceptors (Lipinski definition) is 5. The molecule has 0 aliphatic carbocycles. The lowest BCUT2D eigenvalue weighted by Gasteiger charge is -2.11. The number of aromatic nitrogens is 4. The third-order valence-electron chi connectivity index (χ3n) is 3.55. The molecular weight excluding hydrogens is 445 g/mol. The molecule has 2 N–H and O–H groups in total. The number of nitrogens with zero attached hydrogens (tertiary/aromatic N) is 5. The van der Waals surface area contributed by atoms with Gasteiger partial charge in [0.2, 0.25) is 0 Å². The van der Waals surface area contributed by atoms with Crippen LogP contribution in [0, 0.1) is 0 Å². The van der Waals surface area contributed by atoms with Gasteiger partial charge >= 0.3 is 0 Å². The van der Waals surface area contributed by atoms with Crippen LogP contribution >= 0.6 is 24.0 Å². The van der Waals surface area contributed by atoms with Crippen molar-refractivity contribution in [3.05, 3.63) is 54.7 Å². The van der Waals surface area contributed by atoms with Crippen LogP contribution in [0.25, 0.3) is 11.6 Å². The third-order valence-corrected chi connectivity index (χ3v) is 3.55. The van der Waals surface area contributed by atoms with E-state index in [2.05, 4.69) is 35.3 Å². The molecule has 0 atom stereocenters. The van der Waals surface area contributed by atoms with Gasteiger partial charge in [-0.1, -0.05) is 11.2 Å². The van der Waals surface area contributed by atoms with Gasteiger partial charge in [-0.05, 0) is 24.3 Å². The molecule has 3 aromatic heterocycles. The molecule has 0 aliphatic heterocycles. The number of hydrogen-bond donors (Lipinski definition) is 2. The maximum absolute atomic E-state index is 5.24. The summed E-state index contributed by atoms with van der Waals surface area (Å²) in [6.07, 6.45) is 6.40. The number of rotatable bonds is 7. The number of aliphatic imine (C=N–C) groups is 1. The van der Waals surface area contributed by atoms with Gasteiger partial charge in [-0.25, -0.2) is 0 Å². The van der Waals surface area contributed by atoms with Crippen LogP contribution in [0.5, 0.6) is 0 Å². The van der Waals surface area contributed by atoms with E-state index in [-0.39, 0.29) is 24.0 Å². The summed E-state index contributed by atoms with van der Waals surface area (Å²) in [7, 11) is 1.75. The summed E-state index contributed by atoms with van der Waals surface area (Å²) in [6, 6.07) is 9.59. The van der Waals surface area contributed by atoms with Gasteiger partial charge in [0.25, 0.3) is 5.89 Å². The molecule has 3 rings (SSSR count). The SMILES string of the molecule is CN=C(NCCc1noc(-c2ccccn2)n1)NCCn1cccc1.I. The first-order valence-electron chi connectivity index (χ1n) is 8.14. The molecule has 0 spiro atoms. The molecule has 138 valence electrons. The van der Waals surface area contributed by atoms with E-state index >= 15 is 0 Å². The lowest BCUT2D eigenvalue weighted by atomic mass is 10.3. The van der Waals surface area contributed by atoms with E-state index in [0.717, 1.165) is 19.0 Å². The van der Waals surface area contributed by atoms with E-state index in [0.29, 0.717) is 30.4 Å². The second kappa shape index (κ2) is 10.5. The first-order chi connectivity index (χ1) is 12.3. The van der Waals surface area contributed by atoms with Crippen LogP contribution in [0.3, 0.4) is 0 Å². The van der Waals surface area contributed by atoms with Crippen LogP contribution in [-0.4, -0.2) is 45.8 Å². The minimum Gasteiger partial charge on any atom is -0.356 e. The van der Waals surface area contributed by atoms with Crippen LogP contribution < -0.4 is 10.6 Å². The molecule has 0 aliphatic rings. The van der Waals surface area contributed by atoms with Gasteiger partial charge in [0, 0.05) is 51.7 Å². The lowest BCUT2D eigenvalue weighted by molar-refractivity contribution is 0.421. The summed E-state index contributed by atoms with van der Waals surface area (Å²) < 4.78 is 7.35. The zero-order chi connectivity index (χ0) is 17.3. The molecule has 0 unspecified atom stereocenters. The minimum absolute atomic E-state index is 0. The summed E-state index contributed by atoms with van der Waals surface area (Å²) >= 11 is 0. The molecule has 0 saturated heterocycles. The quantitative estimate of drug-likeness (QED) is 0.314. The third kappa shape index (κ3) is 5.83. The normalized spacial score (nSPS) is 11.0. The smallest absolute Gasteiger partial charge is 0.276 e. The van der Waals surface area contributed by atoms with Crippen LogP contribution in [0.1, 0.15) is 5.82 Å². The van der Waals surface area contributed by atoms with Gasteiger partial charge in [0.15, 0.2) is 11.8 Å². The van der Waals surface area contributed by atoms with Gasteiger partial charge in [0.05, 0.1) is 0 Å². The predicted octanol–water partition coefficient (Wildman–Crippen LogP) is 1.96. The molecule has 3 heterocycles. The standard InChI is InChI=1S/C17H21N7O.HI/c1-18-17(21-10-13-24-11-4-5-12-24)20-9-7-15-22-16(25-23-15)14-6-2-3-8-19-14;/h2-6,8,11-12H,7,9-10,13H2,1H3,(H2,18,20,21);1H. The van der Waals surface area contributed by atoms with Crippen molar-refractivity contribution in [3.8, 4) is 11.6 Å². The monoisotopic (exact) mass is 467 g/mol. The van der Waals surface area contributed by atoms with Crippen molar-refractivity contribution in [2.75, 3.05) is 20.1 Å². The Kier molecular flexibility index (Phi) is 8.06. The summed E-state index contributed by atoms with van der Waals surface area (Å²) in [5.74, 6) is 1.82. The molecule has 0 saturated carbocycles. The van der Waals surface area contributed by atoms with E-state index in [1.165, 1.54) is 0 Å². The van der Waals surface area contributed by atoms with Crippen molar-refractivity contribution < 1.29 is 4.52 Å². The van der Waals surface area contributed by atoms with Crippen molar-refractivity contribution in [1.29, 1.82) is 0 Å². The largest absolute Gasteiger partial charge is 0.356 e. The zero-order valence-electron chi connectivity index (χ0n) is 14.5. The number of pyridine rings is 1. The van der Waals surface area contributed by atoms with Crippen molar-refractivity contribution in [2.24, 2.45) is 4.99 Å². The van der Waals surface area contributed by atoms with E-state index in [4.69, 9.17) is 4.52 Å². The van der Waals surface area contributed by atoms with Crippen LogP contribution in [0.15, 0.2) is 58.4 Å². The average Bonchev–Trinajstić information content (AvgIpc) is 3.33. The fraction of sp³-hybridized carbons (Fsp3) is 0.294. The topological polar surface area (TPSA) is 93.2 Å². The fourth-order valence-corrected chi connectivity index (χ4v) is 2.28. The van der Waals surface area contributed by atoms with Gasteiger partial charge in [0.1, 0.15) is 5.69 Å². The van der Waals surface area contributed by atoms with E-state index in [1.807, 2.05) is 42.7 Å².